The summed E-state index contributed by atoms with van der Waals surface area (Å²) in [6, 6.07) is 2.11. The molecular weight excluding hydrogens is 320 g/mol. The molecule has 1 aliphatic carbocycles. The van der Waals surface area contributed by atoms with E-state index in [0.717, 1.165) is 36.3 Å². The number of benzene rings is 1. The molecule has 1 aliphatic heterocycles. The molecule has 24 heavy (non-hydrogen) atoms. The fraction of sp³-hybridized carbons (Fsp3) is 0.438. The summed E-state index contributed by atoms with van der Waals surface area (Å²) in [4.78, 5) is 37.5. The topological polar surface area (TPSA) is 78.5 Å². The van der Waals surface area contributed by atoms with Crippen molar-refractivity contribution in [2.45, 2.75) is 37.6 Å². The predicted molar refractivity (Wildman–Crippen MR) is 81.0 cm³/mol. The van der Waals surface area contributed by atoms with Gasteiger partial charge in [0.1, 0.15) is 23.7 Å². The lowest BCUT2D eigenvalue weighted by Crippen LogP contribution is -2.48. The maximum Gasteiger partial charge on any atom is 0.325 e. The average molecular weight is 337 g/mol. The van der Waals surface area contributed by atoms with E-state index >= 15 is 0 Å². The number of amides is 4. The molecule has 2 fully saturated rings. The van der Waals surface area contributed by atoms with Gasteiger partial charge in [0.15, 0.2) is 0 Å². The van der Waals surface area contributed by atoms with Gasteiger partial charge >= 0.3 is 6.03 Å². The van der Waals surface area contributed by atoms with E-state index in [-0.39, 0.29) is 5.69 Å². The minimum Gasteiger partial charge on any atom is -0.323 e. The van der Waals surface area contributed by atoms with Gasteiger partial charge < -0.3 is 10.6 Å². The van der Waals surface area contributed by atoms with Gasteiger partial charge in [-0.1, -0.05) is 19.3 Å². The zero-order valence-corrected chi connectivity index (χ0v) is 12.9. The maximum atomic E-state index is 13.5. The quantitative estimate of drug-likeness (QED) is 0.830. The Morgan fingerprint density at radius 1 is 1.21 bits per heavy atom. The van der Waals surface area contributed by atoms with Crippen molar-refractivity contribution in [1.29, 1.82) is 0 Å². The lowest BCUT2D eigenvalue weighted by atomic mass is 9.82. The standard InChI is InChI=1S/C16H17F2N3O3/c17-10-4-5-12(11(18)8-10)19-13(22)9-21-14(23)16(20-15(21)24)6-2-1-3-7-16/h4-5,8H,1-3,6-7,9H2,(H,19,22)(H,20,24). The number of hydrogen-bond acceptors (Lipinski definition) is 3. The molecule has 2 N–H and O–H groups in total. The van der Waals surface area contributed by atoms with E-state index < -0.39 is 41.6 Å². The van der Waals surface area contributed by atoms with Crippen LogP contribution in [-0.4, -0.2) is 34.8 Å². The van der Waals surface area contributed by atoms with Crippen LogP contribution in [0.3, 0.4) is 0 Å². The molecule has 0 atom stereocenters. The first-order valence-electron chi connectivity index (χ1n) is 7.80. The first kappa shape index (κ1) is 16.4. The third kappa shape index (κ3) is 2.95. The van der Waals surface area contributed by atoms with Gasteiger partial charge in [0, 0.05) is 6.07 Å². The van der Waals surface area contributed by atoms with Gasteiger partial charge in [-0.2, -0.15) is 0 Å². The summed E-state index contributed by atoms with van der Waals surface area (Å²) in [5.41, 5.74) is -1.11. The van der Waals surface area contributed by atoms with Crippen molar-refractivity contribution in [2.24, 2.45) is 0 Å². The fourth-order valence-corrected chi connectivity index (χ4v) is 3.24. The summed E-state index contributed by atoms with van der Waals surface area (Å²) >= 11 is 0. The van der Waals surface area contributed by atoms with Crippen LogP contribution >= 0.6 is 0 Å². The number of nitrogens with one attached hydrogen (secondary N) is 2. The second kappa shape index (κ2) is 6.18. The number of carbonyl (C=O) groups excluding carboxylic acids is 3. The number of rotatable bonds is 3. The van der Waals surface area contributed by atoms with Crippen molar-refractivity contribution < 1.29 is 23.2 Å². The summed E-state index contributed by atoms with van der Waals surface area (Å²) in [6.07, 6.45) is 3.81. The van der Waals surface area contributed by atoms with Crippen molar-refractivity contribution in [1.82, 2.24) is 10.2 Å². The molecule has 1 spiro atoms. The number of hydrogen-bond donors (Lipinski definition) is 2. The van der Waals surface area contributed by atoms with Crippen LogP contribution in [0.4, 0.5) is 19.3 Å². The molecule has 1 heterocycles. The van der Waals surface area contributed by atoms with Gasteiger partial charge in [0.2, 0.25) is 5.91 Å². The molecule has 3 rings (SSSR count). The van der Waals surface area contributed by atoms with E-state index in [4.69, 9.17) is 0 Å². The summed E-state index contributed by atoms with van der Waals surface area (Å²) in [7, 11) is 0. The minimum atomic E-state index is -0.927. The Kier molecular flexibility index (Phi) is 4.21. The average Bonchev–Trinajstić information content (AvgIpc) is 2.75. The maximum absolute atomic E-state index is 13.5. The highest BCUT2D eigenvalue weighted by Crippen LogP contribution is 2.33. The largest absolute Gasteiger partial charge is 0.325 e. The molecule has 8 heteroatoms. The van der Waals surface area contributed by atoms with Gasteiger partial charge in [0.05, 0.1) is 5.69 Å². The Balaban J connectivity index is 1.68. The van der Waals surface area contributed by atoms with Crippen LogP contribution in [0.1, 0.15) is 32.1 Å². The zero-order chi connectivity index (χ0) is 17.3. The van der Waals surface area contributed by atoms with Crippen LogP contribution in [0.15, 0.2) is 18.2 Å². The Morgan fingerprint density at radius 2 is 1.92 bits per heavy atom. The van der Waals surface area contributed by atoms with Crippen LogP contribution in [-0.2, 0) is 9.59 Å². The van der Waals surface area contributed by atoms with Gasteiger partial charge in [-0.3, -0.25) is 14.5 Å². The highest BCUT2D eigenvalue weighted by Gasteiger charge is 2.51. The second-order valence-corrected chi connectivity index (χ2v) is 6.14. The van der Waals surface area contributed by atoms with Crippen molar-refractivity contribution in [2.75, 3.05) is 11.9 Å². The molecule has 1 saturated carbocycles. The zero-order valence-electron chi connectivity index (χ0n) is 12.9. The molecule has 1 aromatic carbocycles. The summed E-state index contributed by atoms with van der Waals surface area (Å²) in [6.45, 7) is -0.511. The van der Waals surface area contributed by atoms with Crippen molar-refractivity contribution >= 4 is 23.5 Å². The summed E-state index contributed by atoms with van der Waals surface area (Å²) < 4.78 is 26.4. The third-order valence-electron chi connectivity index (χ3n) is 4.46. The predicted octanol–water partition coefficient (Wildman–Crippen LogP) is 2.16. The number of anilines is 1. The smallest absolute Gasteiger partial charge is 0.323 e. The van der Waals surface area contributed by atoms with Gasteiger partial charge in [-0.25, -0.2) is 13.6 Å². The molecule has 0 unspecified atom stereocenters. The SMILES string of the molecule is O=C(CN1C(=O)NC2(CCCCC2)C1=O)Nc1ccc(F)cc1F. The van der Waals surface area contributed by atoms with E-state index in [9.17, 15) is 23.2 Å². The number of nitrogens with zero attached hydrogens (tertiary/aromatic N) is 1. The van der Waals surface area contributed by atoms with Gasteiger partial charge in [-0.15, -0.1) is 0 Å². The van der Waals surface area contributed by atoms with Crippen LogP contribution in [0.25, 0.3) is 0 Å². The molecule has 2 aliphatic rings. The Bertz CT molecular complexity index is 702. The van der Waals surface area contributed by atoms with Crippen LogP contribution in [0.2, 0.25) is 0 Å². The van der Waals surface area contributed by atoms with Crippen molar-refractivity contribution in [3.8, 4) is 0 Å². The van der Waals surface area contributed by atoms with Crippen LogP contribution in [0.5, 0.6) is 0 Å². The minimum absolute atomic E-state index is 0.208. The molecule has 0 bridgehead atoms. The van der Waals surface area contributed by atoms with E-state index in [1.807, 2.05) is 0 Å². The summed E-state index contributed by atoms with van der Waals surface area (Å²) in [5, 5.41) is 4.93. The first-order chi connectivity index (χ1) is 11.4. The third-order valence-corrected chi connectivity index (χ3v) is 4.46. The van der Waals surface area contributed by atoms with Gasteiger partial charge in [-0.05, 0) is 25.0 Å². The van der Waals surface area contributed by atoms with E-state index in [1.54, 1.807) is 0 Å². The lowest BCUT2D eigenvalue weighted by Gasteiger charge is -2.30. The Hall–Kier alpha value is -2.51. The molecule has 4 amide bonds. The van der Waals surface area contributed by atoms with Crippen molar-refractivity contribution in [3.63, 3.8) is 0 Å². The molecule has 128 valence electrons. The lowest BCUT2D eigenvalue weighted by molar-refractivity contribution is -0.134. The van der Waals surface area contributed by atoms with Crippen LogP contribution < -0.4 is 10.6 Å². The number of carbonyl (C=O) groups is 3. The summed E-state index contributed by atoms with van der Waals surface area (Å²) in [5.74, 6) is -2.83. The molecule has 1 saturated heterocycles. The highest BCUT2D eigenvalue weighted by atomic mass is 19.1. The molecular formula is C16H17F2N3O3. The second-order valence-electron chi connectivity index (χ2n) is 6.14. The highest BCUT2D eigenvalue weighted by molar-refractivity contribution is 6.10. The number of urea groups is 1. The van der Waals surface area contributed by atoms with Crippen LogP contribution in [0, 0.1) is 11.6 Å². The Labute approximate surface area is 137 Å². The van der Waals surface area contributed by atoms with E-state index in [1.165, 1.54) is 0 Å². The monoisotopic (exact) mass is 337 g/mol. The first-order valence-corrected chi connectivity index (χ1v) is 7.80. The molecule has 0 radical (unpaired) electrons. The van der Waals surface area contributed by atoms with E-state index in [2.05, 4.69) is 10.6 Å². The number of imide groups is 1. The molecule has 6 nitrogen and oxygen atoms in total. The fourth-order valence-electron chi connectivity index (χ4n) is 3.24. The Morgan fingerprint density at radius 3 is 2.58 bits per heavy atom. The molecule has 0 aromatic heterocycles. The number of halogens is 2. The van der Waals surface area contributed by atoms with E-state index in [0.29, 0.717) is 18.9 Å². The molecule has 1 aromatic rings. The van der Waals surface area contributed by atoms with Gasteiger partial charge in [0.25, 0.3) is 5.91 Å². The normalized spacial score (nSPS) is 19.5. The van der Waals surface area contributed by atoms with Crippen molar-refractivity contribution in [3.05, 3.63) is 29.8 Å².